The molecule has 0 saturated carbocycles. The number of ether oxygens (including phenoxy) is 1. The standard InChI is InChI=1S/C24H28N2O6S/c1-15(11-12-33(2)31)25-23(29)21(13-22(27)28)26-24(30)32-14-20-18-9-5-3-7-16(18)17-8-4-6-10-19(17)20/h3-10,15,20-21H,11-14H2,1-2H3,(H,25,29)(H,26,30)(H,27,28). The van der Waals surface area contributed by atoms with Gasteiger partial charge < -0.3 is 20.5 Å². The number of fused-ring (bicyclic) bond motifs is 3. The first kappa shape index (κ1) is 24.4. The predicted octanol–water partition coefficient (Wildman–Crippen LogP) is 2.64. The second kappa shape index (κ2) is 11.1. The highest BCUT2D eigenvalue weighted by Gasteiger charge is 2.30. The van der Waals surface area contributed by atoms with Crippen LogP contribution in [0.25, 0.3) is 11.1 Å². The van der Waals surface area contributed by atoms with Gasteiger partial charge in [0.1, 0.15) is 12.6 Å². The maximum Gasteiger partial charge on any atom is 0.407 e. The minimum atomic E-state index is -1.28. The lowest BCUT2D eigenvalue weighted by atomic mass is 9.98. The summed E-state index contributed by atoms with van der Waals surface area (Å²) in [6.45, 7) is 1.79. The van der Waals surface area contributed by atoms with Gasteiger partial charge in [-0.2, -0.15) is 0 Å². The first-order valence-corrected chi connectivity index (χ1v) is 12.4. The van der Waals surface area contributed by atoms with E-state index in [1.807, 2.05) is 48.5 Å². The third-order valence-corrected chi connectivity index (χ3v) is 6.37. The predicted molar refractivity (Wildman–Crippen MR) is 125 cm³/mol. The Morgan fingerprint density at radius 1 is 1.03 bits per heavy atom. The van der Waals surface area contributed by atoms with E-state index in [2.05, 4.69) is 10.6 Å². The minimum absolute atomic E-state index is 0.0555. The molecule has 0 saturated heterocycles. The molecule has 33 heavy (non-hydrogen) atoms. The molecule has 2 aromatic rings. The molecule has 2 aromatic carbocycles. The van der Waals surface area contributed by atoms with E-state index in [1.54, 1.807) is 13.2 Å². The Hall–Kier alpha value is -3.20. The number of carbonyl (C=O) groups is 3. The number of amides is 2. The number of aliphatic carboxylic acids is 1. The molecule has 0 radical (unpaired) electrons. The van der Waals surface area contributed by atoms with Crippen molar-refractivity contribution in [2.45, 2.75) is 37.8 Å². The van der Waals surface area contributed by atoms with Crippen LogP contribution in [-0.4, -0.2) is 58.0 Å². The average Bonchev–Trinajstić information content (AvgIpc) is 3.09. The number of hydrogen-bond acceptors (Lipinski definition) is 5. The number of carboxylic acids is 1. The molecule has 1 aliphatic carbocycles. The Labute approximate surface area is 195 Å². The van der Waals surface area contributed by atoms with E-state index in [4.69, 9.17) is 9.84 Å². The fourth-order valence-corrected chi connectivity index (χ4v) is 4.61. The van der Waals surface area contributed by atoms with Crippen LogP contribution in [0.5, 0.6) is 0 Å². The molecular formula is C24H28N2O6S. The van der Waals surface area contributed by atoms with E-state index in [-0.39, 0.29) is 18.6 Å². The summed E-state index contributed by atoms with van der Waals surface area (Å²) < 4.78 is 16.7. The van der Waals surface area contributed by atoms with Gasteiger partial charge in [-0.3, -0.25) is 13.8 Å². The van der Waals surface area contributed by atoms with Crippen LogP contribution in [0.2, 0.25) is 0 Å². The first-order valence-electron chi connectivity index (χ1n) is 10.7. The van der Waals surface area contributed by atoms with Gasteiger partial charge in [-0.15, -0.1) is 0 Å². The highest BCUT2D eigenvalue weighted by molar-refractivity contribution is 7.84. The van der Waals surface area contributed by atoms with Crippen LogP contribution in [0.4, 0.5) is 4.79 Å². The van der Waals surface area contributed by atoms with Crippen LogP contribution >= 0.6 is 0 Å². The van der Waals surface area contributed by atoms with Gasteiger partial charge in [0.05, 0.1) is 6.42 Å². The minimum Gasteiger partial charge on any atom is -0.481 e. The van der Waals surface area contributed by atoms with Crippen LogP contribution in [-0.2, 0) is 25.1 Å². The normalized spacial score (nSPS) is 15.0. The van der Waals surface area contributed by atoms with E-state index >= 15 is 0 Å². The lowest BCUT2D eigenvalue weighted by Crippen LogP contribution is -2.50. The second-order valence-corrected chi connectivity index (χ2v) is 9.65. The number of benzene rings is 2. The van der Waals surface area contributed by atoms with Crippen LogP contribution < -0.4 is 10.6 Å². The van der Waals surface area contributed by atoms with Crippen molar-refractivity contribution in [2.75, 3.05) is 18.6 Å². The molecule has 3 unspecified atom stereocenters. The Balaban J connectivity index is 1.62. The number of carboxylic acid groups (broad SMARTS) is 1. The third-order valence-electron chi connectivity index (χ3n) is 5.56. The maximum absolute atomic E-state index is 12.5. The van der Waals surface area contributed by atoms with Gasteiger partial charge in [-0.05, 0) is 35.6 Å². The van der Waals surface area contributed by atoms with Crippen LogP contribution in [0.1, 0.15) is 36.8 Å². The van der Waals surface area contributed by atoms with Gasteiger partial charge in [-0.1, -0.05) is 48.5 Å². The fraction of sp³-hybridized carbons (Fsp3) is 0.375. The summed E-state index contributed by atoms with van der Waals surface area (Å²) in [6, 6.07) is 14.2. The lowest BCUT2D eigenvalue weighted by Gasteiger charge is -2.21. The molecule has 3 atom stereocenters. The molecule has 1 aliphatic rings. The quantitative estimate of drug-likeness (QED) is 0.489. The Bertz CT molecular complexity index is 1010. The van der Waals surface area contributed by atoms with Crippen molar-refractivity contribution in [2.24, 2.45) is 0 Å². The van der Waals surface area contributed by atoms with E-state index < -0.39 is 41.2 Å². The molecule has 176 valence electrons. The summed E-state index contributed by atoms with van der Waals surface area (Å²) in [5.74, 6) is -1.59. The molecule has 0 bridgehead atoms. The molecule has 2 amide bonds. The van der Waals surface area contributed by atoms with Crippen LogP contribution in [0, 0.1) is 0 Å². The van der Waals surface area contributed by atoms with E-state index in [0.29, 0.717) is 12.2 Å². The van der Waals surface area contributed by atoms with Crippen LogP contribution in [0.15, 0.2) is 48.5 Å². The summed E-state index contributed by atoms with van der Waals surface area (Å²) >= 11 is 0. The third kappa shape index (κ3) is 6.41. The maximum atomic E-state index is 12.5. The van der Waals surface area contributed by atoms with Crippen LogP contribution in [0.3, 0.4) is 0 Å². The van der Waals surface area contributed by atoms with Crippen molar-refractivity contribution in [3.63, 3.8) is 0 Å². The zero-order valence-electron chi connectivity index (χ0n) is 18.6. The zero-order chi connectivity index (χ0) is 24.0. The van der Waals surface area contributed by atoms with E-state index in [9.17, 15) is 18.6 Å². The van der Waals surface area contributed by atoms with Crippen molar-refractivity contribution in [3.05, 3.63) is 59.7 Å². The monoisotopic (exact) mass is 472 g/mol. The smallest absolute Gasteiger partial charge is 0.407 e. The fourth-order valence-electron chi connectivity index (χ4n) is 3.92. The van der Waals surface area contributed by atoms with Crippen molar-refractivity contribution >= 4 is 28.8 Å². The number of nitrogens with one attached hydrogen (secondary N) is 2. The van der Waals surface area contributed by atoms with E-state index in [0.717, 1.165) is 22.3 Å². The highest BCUT2D eigenvalue weighted by Crippen LogP contribution is 2.44. The molecule has 8 nitrogen and oxygen atoms in total. The summed E-state index contributed by atoms with van der Waals surface area (Å²) in [5.41, 5.74) is 4.28. The SMILES string of the molecule is CC(CCS(C)=O)NC(=O)C(CC(=O)O)NC(=O)OCC1c2ccccc2-c2ccccc21. The van der Waals surface area contributed by atoms with Gasteiger partial charge in [0.2, 0.25) is 5.91 Å². The Morgan fingerprint density at radius 3 is 2.15 bits per heavy atom. The van der Waals surface area contributed by atoms with Gasteiger partial charge in [-0.25, -0.2) is 4.79 Å². The number of hydrogen-bond donors (Lipinski definition) is 3. The molecule has 3 N–H and O–H groups in total. The molecule has 0 spiro atoms. The van der Waals surface area contributed by atoms with Gasteiger partial charge in [0, 0.05) is 34.8 Å². The molecule has 0 aliphatic heterocycles. The summed E-state index contributed by atoms with van der Waals surface area (Å²) in [6.07, 6.45) is 0.600. The first-order chi connectivity index (χ1) is 15.8. The Kier molecular flexibility index (Phi) is 8.21. The molecule has 9 heteroatoms. The largest absolute Gasteiger partial charge is 0.481 e. The highest BCUT2D eigenvalue weighted by atomic mass is 32.2. The molecule has 0 aromatic heterocycles. The van der Waals surface area contributed by atoms with Gasteiger partial charge in [0.15, 0.2) is 0 Å². The zero-order valence-corrected chi connectivity index (χ0v) is 19.4. The topological polar surface area (TPSA) is 122 Å². The summed E-state index contributed by atoms with van der Waals surface area (Å²) in [5, 5.41) is 14.2. The van der Waals surface area contributed by atoms with Crippen molar-refractivity contribution in [1.29, 1.82) is 0 Å². The number of rotatable bonds is 10. The average molecular weight is 473 g/mol. The van der Waals surface area contributed by atoms with Crippen molar-refractivity contribution < 1.29 is 28.4 Å². The van der Waals surface area contributed by atoms with Crippen molar-refractivity contribution in [1.82, 2.24) is 10.6 Å². The van der Waals surface area contributed by atoms with Crippen molar-refractivity contribution in [3.8, 4) is 11.1 Å². The van der Waals surface area contributed by atoms with E-state index in [1.165, 1.54) is 0 Å². The summed E-state index contributed by atoms with van der Waals surface area (Å²) in [4.78, 5) is 36.2. The second-order valence-electron chi connectivity index (χ2n) is 8.10. The molecular weight excluding hydrogens is 444 g/mol. The van der Waals surface area contributed by atoms with Gasteiger partial charge >= 0.3 is 12.1 Å². The number of alkyl carbamates (subject to hydrolysis) is 1. The molecule has 3 rings (SSSR count). The number of carbonyl (C=O) groups excluding carboxylic acids is 2. The molecule has 0 heterocycles. The molecule has 0 fully saturated rings. The van der Waals surface area contributed by atoms with Gasteiger partial charge in [0.25, 0.3) is 0 Å². The Morgan fingerprint density at radius 2 is 1.61 bits per heavy atom. The lowest BCUT2D eigenvalue weighted by molar-refractivity contribution is -0.140. The summed E-state index contributed by atoms with van der Waals surface area (Å²) in [7, 11) is -1.00.